The Kier molecular flexibility index (Phi) is 3.99. The van der Waals surface area contributed by atoms with Crippen LogP contribution in [0.25, 0.3) is 0 Å². The number of carbonyl (C=O) groups is 1. The molecule has 3 nitrogen and oxygen atoms in total. The third-order valence-electron chi connectivity index (χ3n) is 2.45. The van der Waals surface area contributed by atoms with E-state index in [2.05, 4.69) is 21.2 Å². The Labute approximate surface area is 114 Å². The summed E-state index contributed by atoms with van der Waals surface area (Å²) < 4.78 is 1.00. The molecule has 0 heterocycles. The van der Waals surface area contributed by atoms with Gasteiger partial charge in [0.25, 0.3) is 0 Å². The molecule has 0 saturated heterocycles. The SMILES string of the molecule is Nc1cccc(NC(=O)Cc2ccc(Br)cc2)c1. The monoisotopic (exact) mass is 304 g/mol. The number of carbonyl (C=O) groups excluding carboxylic acids is 1. The average Bonchev–Trinajstić information content (AvgIpc) is 2.32. The van der Waals surface area contributed by atoms with Crippen molar-refractivity contribution in [2.45, 2.75) is 6.42 Å². The van der Waals surface area contributed by atoms with E-state index in [4.69, 9.17) is 5.73 Å². The predicted molar refractivity (Wildman–Crippen MR) is 77.3 cm³/mol. The van der Waals surface area contributed by atoms with E-state index in [9.17, 15) is 4.79 Å². The van der Waals surface area contributed by atoms with Gasteiger partial charge in [-0.2, -0.15) is 0 Å². The van der Waals surface area contributed by atoms with Gasteiger partial charge in [0.05, 0.1) is 6.42 Å². The topological polar surface area (TPSA) is 55.1 Å². The van der Waals surface area contributed by atoms with Crippen molar-refractivity contribution < 1.29 is 4.79 Å². The van der Waals surface area contributed by atoms with Crippen molar-refractivity contribution in [1.82, 2.24) is 0 Å². The molecule has 18 heavy (non-hydrogen) atoms. The van der Waals surface area contributed by atoms with E-state index in [1.54, 1.807) is 12.1 Å². The number of nitrogen functional groups attached to an aromatic ring is 1. The highest BCUT2D eigenvalue weighted by Crippen LogP contribution is 2.14. The molecular weight excluding hydrogens is 292 g/mol. The Morgan fingerprint density at radius 2 is 1.89 bits per heavy atom. The van der Waals surface area contributed by atoms with Crippen molar-refractivity contribution in [3.05, 3.63) is 58.6 Å². The van der Waals surface area contributed by atoms with Gasteiger partial charge in [0.1, 0.15) is 0 Å². The summed E-state index contributed by atoms with van der Waals surface area (Å²) in [6.45, 7) is 0. The average molecular weight is 305 g/mol. The zero-order chi connectivity index (χ0) is 13.0. The van der Waals surface area contributed by atoms with Gasteiger partial charge >= 0.3 is 0 Å². The number of nitrogens with two attached hydrogens (primary N) is 1. The summed E-state index contributed by atoms with van der Waals surface area (Å²) in [5.74, 6) is -0.0528. The molecular formula is C14H13BrN2O. The first kappa shape index (κ1) is 12.6. The van der Waals surface area contributed by atoms with Crippen molar-refractivity contribution in [3.8, 4) is 0 Å². The lowest BCUT2D eigenvalue weighted by molar-refractivity contribution is -0.115. The lowest BCUT2D eigenvalue weighted by Gasteiger charge is -2.06. The van der Waals surface area contributed by atoms with Crippen LogP contribution in [0.4, 0.5) is 11.4 Å². The van der Waals surface area contributed by atoms with Crippen LogP contribution in [0.5, 0.6) is 0 Å². The molecule has 2 aromatic carbocycles. The Hall–Kier alpha value is -1.81. The molecule has 0 aromatic heterocycles. The number of amides is 1. The first-order chi connectivity index (χ1) is 8.63. The second-order valence-electron chi connectivity index (χ2n) is 3.98. The summed E-state index contributed by atoms with van der Waals surface area (Å²) in [5.41, 5.74) is 7.97. The van der Waals surface area contributed by atoms with Crippen LogP contribution >= 0.6 is 15.9 Å². The van der Waals surface area contributed by atoms with Crippen molar-refractivity contribution in [1.29, 1.82) is 0 Å². The normalized spacial score (nSPS) is 10.1. The molecule has 2 aromatic rings. The van der Waals surface area contributed by atoms with Crippen LogP contribution in [0.2, 0.25) is 0 Å². The smallest absolute Gasteiger partial charge is 0.228 e. The third kappa shape index (κ3) is 3.60. The van der Waals surface area contributed by atoms with Crippen LogP contribution in [0, 0.1) is 0 Å². The number of anilines is 2. The minimum Gasteiger partial charge on any atom is -0.399 e. The summed E-state index contributed by atoms with van der Waals surface area (Å²) >= 11 is 3.36. The minimum absolute atomic E-state index is 0.0528. The van der Waals surface area contributed by atoms with Gasteiger partial charge in [0.15, 0.2) is 0 Å². The molecule has 0 radical (unpaired) electrons. The van der Waals surface area contributed by atoms with Gasteiger partial charge in [0.2, 0.25) is 5.91 Å². The van der Waals surface area contributed by atoms with E-state index in [0.717, 1.165) is 15.7 Å². The molecule has 0 fully saturated rings. The zero-order valence-electron chi connectivity index (χ0n) is 9.69. The lowest BCUT2D eigenvalue weighted by atomic mass is 10.1. The highest BCUT2D eigenvalue weighted by Gasteiger charge is 2.04. The van der Waals surface area contributed by atoms with Gasteiger partial charge in [-0.1, -0.05) is 34.1 Å². The molecule has 0 aliphatic heterocycles. The first-order valence-electron chi connectivity index (χ1n) is 5.53. The van der Waals surface area contributed by atoms with Crippen LogP contribution in [0.1, 0.15) is 5.56 Å². The molecule has 0 saturated carbocycles. The first-order valence-corrected chi connectivity index (χ1v) is 6.32. The number of nitrogens with one attached hydrogen (secondary N) is 1. The molecule has 4 heteroatoms. The molecule has 1 amide bonds. The fourth-order valence-electron chi connectivity index (χ4n) is 1.61. The van der Waals surface area contributed by atoms with Gasteiger partial charge in [-0.25, -0.2) is 0 Å². The molecule has 92 valence electrons. The molecule has 0 aliphatic carbocycles. The van der Waals surface area contributed by atoms with E-state index >= 15 is 0 Å². The van der Waals surface area contributed by atoms with Crippen molar-refractivity contribution >= 4 is 33.2 Å². The van der Waals surface area contributed by atoms with Crippen molar-refractivity contribution in [2.24, 2.45) is 0 Å². The maximum atomic E-state index is 11.8. The Balaban J connectivity index is 1.98. The number of hydrogen-bond donors (Lipinski definition) is 2. The maximum Gasteiger partial charge on any atom is 0.228 e. The van der Waals surface area contributed by atoms with Gasteiger partial charge in [-0.3, -0.25) is 4.79 Å². The fraction of sp³-hybridized carbons (Fsp3) is 0.0714. The number of benzene rings is 2. The van der Waals surface area contributed by atoms with Gasteiger partial charge in [-0.15, -0.1) is 0 Å². The van der Waals surface area contributed by atoms with Crippen LogP contribution in [0.15, 0.2) is 53.0 Å². The zero-order valence-corrected chi connectivity index (χ0v) is 11.3. The van der Waals surface area contributed by atoms with E-state index in [0.29, 0.717) is 12.1 Å². The summed E-state index contributed by atoms with van der Waals surface area (Å²) in [6, 6.07) is 14.8. The van der Waals surface area contributed by atoms with Crippen molar-refractivity contribution in [2.75, 3.05) is 11.1 Å². The summed E-state index contributed by atoms with van der Waals surface area (Å²) in [5, 5.41) is 2.82. The van der Waals surface area contributed by atoms with E-state index in [1.807, 2.05) is 36.4 Å². The second kappa shape index (κ2) is 5.69. The lowest BCUT2D eigenvalue weighted by Crippen LogP contribution is -2.14. The molecule has 0 unspecified atom stereocenters. The second-order valence-corrected chi connectivity index (χ2v) is 4.89. The van der Waals surface area contributed by atoms with Crippen molar-refractivity contribution in [3.63, 3.8) is 0 Å². The van der Waals surface area contributed by atoms with Gasteiger partial charge in [0, 0.05) is 15.8 Å². The van der Waals surface area contributed by atoms with Crippen LogP contribution in [-0.4, -0.2) is 5.91 Å². The number of rotatable bonds is 3. The minimum atomic E-state index is -0.0528. The maximum absolute atomic E-state index is 11.8. The highest BCUT2D eigenvalue weighted by atomic mass is 79.9. The number of halogens is 1. The highest BCUT2D eigenvalue weighted by molar-refractivity contribution is 9.10. The van der Waals surface area contributed by atoms with E-state index in [1.165, 1.54) is 0 Å². The van der Waals surface area contributed by atoms with E-state index < -0.39 is 0 Å². The molecule has 0 aliphatic rings. The molecule has 2 rings (SSSR count). The van der Waals surface area contributed by atoms with Gasteiger partial charge in [-0.05, 0) is 35.9 Å². The molecule has 0 atom stereocenters. The van der Waals surface area contributed by atoms with Crippen LogP contribution in [-0.2, 0) is 11.2 Å². The van der Waals surface area contributed by atoms with Gasteiger partial charge < -0.3 is 11.1 Å². The Morgan fingerprint density at radius 3 is 2.56 bits per heavy atom. The Bertz CT molecular complexity index is 552. The summed E-state index contributed by atoms with van der Waals surface area (Å²) in [7, 11) is 0. The largest absolute Gasteiger partial charge is 0.399 e. The molecule has 0 spiro atoms. The van der Waals surface area contributed by atoms with Crippen LogP contribution < -0.4 is 11.1 Å². The standard InChI is InChI=1S/C14H13BrN2O/c15-11-6-4-10(5-7-11)8-14(18)17-13-3-1-2-12(16)9-13/h1-7,9H,8,16H2,(H,17,18). The third-order valence-corrected chi connectivity index (χ3v) is 2.98. The molecule has 0 bridgehead atoms. The predicted octanol–water partition coefficient (Wildman–Crippen LogP) is 3.21. The Morgan fingerprint density at radius 1 is 1.17 bits per heavy atom. The number of hydrogen-bond acceptors (Lipinski definition) is 2. The fourth-order valence-corrected chi connectivity index (χ4v) is 1.87. The summed E-state index contributed by atoms with van der Waals surface area (Å²) in [6.07, 6.45) is 0.349. The molecule has 3 N–H and O–H groups in total. The summed E-state index contributed by atoms with van der Waals surface area (Å²) in [4.78, 5) is 11.8. The van der Waals surface area contributed by atoms with Crippen LogP contribution in [0.3, 0.4) is 0 Å². The van der Waals surface area contributed by atoms with E-state index in [-0.39, 0.29) is 5.91 Å². The quantitative estimate of drug-likeness (QED) is 0.856.